The molecule has 1 fully saturated rings. The first-order valence-corrected chi connectivity index (χ1v) is 8.80. The van der Waals surface area contributed by atoms with E-state index in [2.05, 4.69) is 6.07 Å². The zero-order chi connectivity index (χ0) is 15.5. The molecular formula is C16H17NO3S2. The van der Waals surface area contributed by atoms with Crippen LogP contribution in [0.5, 0.6) is 11.5 Å². The zero-order valence-corrected chi connectivity index (χ0v) is 14.1. The van der Waals surface area contributed by atoms with E-state index in [9.17, 15) is 4.79 Å². The molecule has 0 aliphatic carbocycles. The van der Waals surface area contributed by atoms with Crippen molar-refractivity contribution in [3.63, 3.8) is 0 Å². The van der Waals surface area contributed by atoms with Gasteiger partial charge in [0.05, 0.1) is 20.0 Å². The molecule has 0 spiro atoms. The Kier molecular flexibility index (Phi) is 4.59. The van der Waals surface area contributed by atoms with Crippen LogP contribution in [0.4, 0.5) is 0 Å². The first kappa shape index (κ1) is 15.2. The maximum atomic E-state index is 12.2. The summed E-state index contributed by atoms with van der Waals surface area (Å²) in [6, 6.07) is 9.84. The first-order valence-electron chi connectivity index (χ1n) is 6.87. The highest BCUT2D eigenvalue weighted by Gasteiger charge is 2.33. The van der Waals surface area contributed by atoms with Crippen LogP contribution in [0.25, 0.3) is 0 Å². The molecule has 1 aliphatic heterocycles. The number of benzene rings is 1. The Bertz CT molecular complexity index is 635. The summed E-state index contributed by atoms with van der Waals surface area (Å²) in [6.07, 6.45) is 0. The molecule has 1 atom stereocenters. The standard InChI is InChI=1S/C16H17NO3S2/c1-19-12-6-11(7-13(8-12)20-2)9-17-15(18)10-22-16(17)14-4-3-5-21-14/h3-8,16H,9-10H2,1-2H3. The van der Waals surface area contributed by atoms with Gasteiger partial charge in [-0.3, -0.25) is 4.79 Å². The van der Waals surface area contributed by atoms with Crippen LogP contribution < -0.4 is 9.47 Å². The Morgan fingerprint density at radius 2 is 1.95 bits per heavy atom. The lowest BCUT2D eigenvalue weighted by Crippen LogP contribution is -2.27. The van der Waals surface area contributed by atoms with Gasteiger partial charge >= 0.3 is 0 Å². The van der Waals surface area contributed by atoms with Gasteiger partial charge < -0.3 is 14.4 Å². The van der Waals surface area contributed by atoms with Crippen molar-refractivity contribution in [3.8, 4) is 11.5 Å². The Morgan fingerprint density at radius 1 is 1.23 bits per heavy atom. The summed E-state index contributed by atoms with van der Waals surface area (Å²) in [7, 11) is 3.26. The Hall–Kier alpha value is -1.66. The molecule has 1 aliphatic rings. The van der Waals surface area contributed by atoms with Crippen molar-refractivity contribution in [2.75, 3.05) is 20.0 Å². The Morgan fingerprint density at radius 3 is 2.55 bits per heavy atom. The van der Waals surface area contributed by atoms with Crippen LogP contribution in [0.3, 0.4) is 0 Å². The number of amides is 1. The van der Waals surface area contributed by atoms with Crippen molar-refractivity contribution in [1.29, 1.82) is 0 Å². The van der Waals surface area contributed by atoms with Crippen molar-refractivity contribution in [3.05, 3.63) is 46.2 Å². The first-order chi connectivity index (χ1) is 10.7. The molecule has 0 saturated carbocycles. The van der Waals surface area contributed by atoms with Gasteiger partial charge in [-0.05, 0) is 29.1 Å². The van der Waals surface area contributed by atoms with E-state index in [0.29, 0.717) is 12.3 Å². The predicted molar refractivity (Wildman–Crippen MR) is 89.6 cm³/mol. The summed E-state index contributed by atoms with van der Waals surface area (Å²) in [5, 5.41) is 2.15. The van der Waals surface area contributed by atoms with Gasteiger partial charge in [-0.15, -0.1) is 23.1 Å². The smallest absolute Gasteiger partial charge is 0.234 e. The van der Waals surface area contributed by atoms with E-state index in [1.165, 1.54) is 4.88 Å². The quantitative estimate of drug-likeness (QED) is 0.838. The van der Waals surface area contributed by atoms with Crippen LogP contribution in [-0.2, 0) is 11.3 Å². The molecule has 1 amide bonds. The molecule has 1 aromatic heterocycles. The largest absolute Gasteiger partial charge is 0.497 e. The number of hydrogen-bond donors (Lipinski definition) is 0. The van der Waals surface area contributed by atoms with Crippen LogP contribution in [0.15, 0.2) is 35.7 Å². The van der Waals surface area contributed by atoms with E-state index >= 15 is 0 Å². The molecule has 2 aromatic rings. The van der Waals surface area contributed by atoms with Gasteiger partial charge in [0.15, 0.2) is 0 Å². The highest BCUT2D eigenvalue weighted by Crippen LogP contribution is 2.41. The summed E-state index contributed by atoms with van der Waals surface area (Å²) >= 11 is 3.37. The van der Waals surface area contributed by atoms with Gasteiger partial charge in [0, 0.05) is 17.5 Å². The van der Waals surface area contributed by atoms with Crippen molar-refractivity contribution >= 4 is 29.0 Å². The van der Waals surface area contributed by atoms with E-state index in [4.69, 9.17) is 9.47 Å². The van der Waals surface area contributed by atoms with Crippen molar-refractivity contribution < 1.29 is 14.3 Å². The Balaban J connectivity index is 1.85. The Labute approximate surface area is 138 Å². The second-order valence-electron chi connectivity index (χ2n) is 4.92. The second kappa shape index (κ2) is 6.62. The third kappa shape index (κ3) is 3.08. The summed E-state index contributed by atoms with van der Waals surface area (Å²) in [6.45, 7) is 0.558. The average Bonchev–Trinajstić information content (AvgIpc) is 3.18. The third-order valence-electron chi connectivity index (χ3n) is 3.52. The van der Waals surface area contributed by atoms with E-state index in [-0.39, 0.29) is 11.3 Å². The van der Waals surface area contributed by atoms with Crippen LogP contribution in [0.2, 0.25) is 0 Å². The fourth-order valence-corrected chi connectivity index (χ4v) is 4.61. The van der Waals surface area contributed by atoms with Gasteiger partial charge in [-0.1, -0.05) is 6.07 Å². The molecule has 0 radical (unpaired) electrons. The number of nitrogens with zero attached hydrogens (tertiary/aromatic N) is 1. The lowest BCUT2D eigenvalue weighted by Gasteiger charge is -2.23. The number of ether oxygens (including phenoxy) is 2. The summed E-state index contributed by atoms with van der Waals surface area (Å²) < 4.78 is 10.6. The molecule has 116 valence electrons. The minimum Gasteiger partial charge on any atom is -0.497 e. The fourth-order valence-electron chi connectivity index (χ4n) is 2.45. The van der Waals surface area contributed by atoms with Crippen LogP contribution in [0.1, 0.15) is 15.8 Å². The molecule has 2 heterocycles. The monoisotopic (exact) mass is 335 g/mol. The fraction of sp³-hybridized carbons (Fsp3) is 0.312. The minimum atomic E-state index is 0.102. The molecule has 4 nitrogen and oxygen atoms in total. The molecule has 0 bridgehead atoms. The molecule has 22 heavy (non-hydrogen) atoms. The van der Waals surface area contributed by atoms with E-state index < -0.39 is 0 Å². The average molecular weight is 335 g/mol. The second-order valence-corrected chi connectivity index (χ2v) is 6.97. The maximum absolute atomic E-state index is 12.2. The van der Waals surface area contributed by atoms with Gasteiger partial charge in [0.25, 0.3) is 0 Å². The number of thioether (sulfide) groups is 1. The number of thiophene rings is 1. The predicted octanol–water partition coefficient (Wildman–Crippen LogP) is 3.54. The summed E-state index contributed by atoms with van der Waals surface area (Å²) in [5.41, 5.74) is 1.01. The van der Waals surface area contributed by atoms with Gasteiger partial charge in [-0.2, -0.15) is 0 Å². The molecule has 1 unspecified atom stereocenters. The zero-order valence-electron chi connectivity index (χ0n) is 12.4. The molecule has 1 aromatic carbocycles. The van der Waals surface area contributed by atoms with Crippen molar-refractivity contribution in [1.82, 2.24) is 4.90 Å². The number of carbonyl (C=O) groups is 1. The lowest BCUT2D eigenvalue weighted by atomic mass is 10.2. The minimum absolute atomic E-state index is 0.102. The number of rotatable bonds is 5. The van der Waals surface area contributed by atoms with E-state index in [1.807, 2.05) is 34.5 Å². The van der Waals surface area contributed by atoms with Crippen LogP contribution in [-0.4, -0.2) is 30.8 Å². The molecule has 0 N–H and O–H groups in total. The van der Waals surface area contributed by atoms with Gasteiger partial charge in [0.1, 0.15) is 16.9 Å². The normalized spacial score (nSPS) is 17.8. The number of carbonyl (C=O) groups excluding carboxylic acids is 1. The van der Waals surface area contributed by atoms with Gasteiger partial charge in [-0.25, -0.2) is 0 Å². The van der Waals surface area contributed by atoms with Gasteiger partial charge in [0.2, 0.25) is 5.91 Å². The highest BCUT2D eigenvalue weighted by molar-refractivity contribution is 8.00. The third-order valence-corrected chi connectivity index (χ3v) is 5.83. The number of hydrogen-bond acceptors (Lipinski definition) is 5. The number of methoxy groups -OCH3 is 2. The van der Waals surface area contributed by atoms with E-state index in [1.54, 1.807) is 37.3 Å². The summed E-state index contributed by atoms with van der Waals surface area (Å²) in [4.78, 5) is 15.4. The molecule has 3 rings (SSSR count). The SMILES string of the molecule is COc1cc(CN2C(=O)CSC2c2cccs2)cc(OC)c1. The molecular weight excluding hydrogens is 318 g/mol. The van der Waals surface area contributed by atoms with Crippen molar-refractivity contribution in [2.45, 2.75) is 11.9 Å². The topological polar surface area (TPSA) is 38.8 Å². The van der Waals surface area contributed by atoms with Crippen LogP contribution >= 0.6 is 23.1 Å². The maximum Gasteiger partial charge on any atom is 0.234 e. The summed E-state index contributed by atoms with van der Waals surface area (Å²) in [5.74, 6) is 2.18. The highest BCUT2D eigenvalue weighted by atomic mass is 32.2. The molecule has 1 saturated heterocycles. The molecule has 6 heteroatoms. The van der Waals surface area contributed by atoms with E-state index in [0.717, 1.165) is 17.1 Å². The lowest BCUT2D eigenvalue weighted by molar-refractivity contribution is -0.128. The van der Waals surface area contributed by atoms with Crippen LogP contribution in [0, 0.1) is 0 Å². The van der Waals surface area contributed by atoms with Crippen molar-refractivity contribution in [2.24, 2.45) is 0 Å².